The number of aromatic nitrogens is 2. The molecular formula is C16H15N3O3. The Labute approximate surface area is 127 Å². The van der Waals surface area contributed by atoms with Crippen LogP contribution in [0.25, 0.3) is 11.3 Å². The van der Waals surface area contributed by atoms with Crippen LogP contribution in [0.5, 0.6) is 0 Å². The van der Waals surface area contributed by atoms with Gasteiger partial charge in [0.2, 0.25) is 5.91 Å². The fraction of sp³-hybridized carbons (Fsp3) is 0.188. The highest BCUT2D eigenvalue weighted by Gasteiger charge is 2.24. The predicted molar refractivity (Wildman–Crippen MR) is 81.9 cm³/mol. The lowest BCUT2D eigenvalue weighted by Gasteiger charge is -2.09. The van der Waals surface area contributed by atoms with E-state index < -0.39 is 5.97 Å². The third-order valence-corrected chi connectivity index (χ3v) is 3.75. The summed E-state index contributed by atoms with van der Waals surface area (Å²) in [5.74, 6) is -0.979. The van der Waals surface area contributed by atoms with E-state index in [1.807, 2.05) is 18.2 Å². The second-order valence-corrected chi connectivity index (χ2v) is 5.16. The van der Waals surface area contributed by atoms with Gasteiger partial charge in [-0.1, -0.05) is 12.1 Å². The number of fused-ring (bicyclic) bond motifs is 1. The number of aromatic carboxylic acids is 1. The number of likely N-dealkylation sites (N-methyl/N-ethyl adjacent to an activating group) is 1. The van der Waals surface area contributed by atoms with Crippen LogP contribution in [0.15, 0.2) is 36.9 Å². The molecule has 2 heterocycles. The molecular weight excluding hydrogens is 282 g/mol. The summed E-state index contributed by atoms with van der Waals surface area (Å²) in [6, 6.07) is 7.14. The van der Waals surface area contributed by atoms with Gasteiger partial charge in [-0.15, -0.1) is 6.58 Å². The third kappa shape index (κ3) is 2.18. The molecule has 1 N–H and O–H groups in total. The standard InChI is InChI=1S/C16H15N3O3/c1-3-6-19-14(16(21)22)9-12(17-19)10-4-5-13-11(7-10)8-15(20)18(13)2/h3-5,7,9H,1,6,8H2,2H3,(H,21,22). The van der Waals surface area contributed by atoms with Crippen LogP contribution in [-0.2, 0) is 17.8 Å². The molecule has 2 aromatic rings. The number of amides is 1. The van der Waals surface area contributed by atoms with Crippen LogP contribution in [0.4, 0.5) is 5.69 Å². The van der Waals surface area contributed by atoms with Gasteiger partial charge in [0, 0.05) is 18.3 Å². The Bertz CT molecular complexity index is 792. The van der Waals surface area contributed by atoms with Crippen molar-refractivity contribution < 1.29 is 14.7 Å². The average molecular weight is 297 g/mol. The number of carbonyl (C=O) groups is 2. The zero-order valence-electron chi connectivity index (χ0n) is 12.1. The summed E-state index contributed by atoms with van der Waals surface area (Å²) in [6.07, 6.45) is 1.96. The van der Waals surface area contributed by atoms with Crippen LogP contribution < -0.4 is 4.90 Å². The SMILES string of the molecule is C=CCn1nc(-c2ccc3c(c2)CC(=O)N3C)cc1C(=O)O. The summed E-state index contributed by atoms with van der Waals surface area (Å²) >= 11 is 0. The van der Waals surface area contributed by atoms with Gasteiger partial charge in [-0.3, -0.25) is 9.48 Å². The van der Waals surface area contributed by atoms with Crippen LogP contribution in [-0.4, -0.2) is 33.8 Å². The Kier molecular flexibility index (Phi) is 3.29. The molecule has 0 unspecified atom stereocenters. The molecule has 1 aliphatic rings. The van der Waals surface area contributed by atoms with Gasteiger partial charge in [0.1, 0.15) is 5.69 Å². The van der Waals surface area contributed by atoms with Crippen LogP contribution in [0.3, 0.4) is 0 Å². The highest BCUT2D eigenvalue weighted by Crippen LogP contribution is 2.31. The van der Waals surface area contributed by atoms with Crippen molar-refractivity contribution in [3.8, 4) is 11.3 Å². The molecule has 6 heteroatoms. The van der Waals surface area contributed by atoms with Gasteiger partial charge in [-0.05, 0) is 23.8 Å². The molecule has 0 saturated carbocycles. The maximum Gasteiger partial charge on any atom is 0.354 e. The fourth-order valence-electron chi connectivity index (χ4n) is 2.62. The first kappa shape index (κ1) is 14.1. The minimum atomic E-state index is -1.03. The van der Waals surface area contributed by atoms with Gasteiger partial charge >= 0.3 is 5.97 Å². The van der Waals surface area contributed by atoms with Crippen molar-refractivity contribution in [3.05, 3.63) is 48.2 Å². The van der Waals surface area contributed by atoms with Crippen molar-refractivity contribution >= 4 is 17.6 Å². The zero-order valence-corrected chi connectivity index (χ0v) is 12.1. The van der Waals surface area contributed by atoms with Gasteiger partial charge in [-0.2, -0.15) is 5.10 Å². The third-order valence-electron chi connectivity index (χ3n) is 3.75. The van der Waals surface area contributed by atoms with Gasteiger partial charge in [0.05, 0.1) is 18.7 Å². The molecule has 1 amide bonds. The van der Waals surface area contributed by atoms with Gasteiger partial charge in [-0.25, -0.2) is 4.79 Å². The van der Waals surface area contributed by atoms with E-state index in [4.69, 9.17) is 0 Å². The summed E-state index contributed by atoms with van der Waals surface area (Å²) < 4.78 is 1.40. The van der Waals surface area contributed by atoms with Crippen molar-refractivity contribution in [1.82, 2.24) is 9.78 Å². The Morgan fingerprint density at radius 2 is 2.23 bits per heavy atom. The normalized spacial score (nSPS) is 13.3. The quantitative estimate of drug-likeness (QED) is 0.875. The van der Waals surface area contributed by atoms with E-state index in [-0.39, 0.29) is 11.6 Å². The lowest BCUT2D eigenvalue weighted by molar-refractivity contribution is -0.117. The first-order valence-corrected chi connectivity index (χ1v) is 6.83. The fourth-order valence-corrected chi connectivity index (χ4v) is 2.62. The number of benzene rings is 1. The number of rotatable bonds is 4. The molecule has 6 nitrogen and oxygen atoms in total. The van der Waals surface area contributed by atoms with Crippen molar-refractivity contribution in [2.24, 2.45) is 0 Å². The minimum Gasteiger partial charge on any atom is -0.477 e. The molecule has 3 rings (SSSR count). The summed E-state index contributed by atoms with van der Waals surface area (Å²) in [7, 11) is 1.75. The van der Waals surface area contributed by atoms with Crippen molar-refractivity contribution in [3.63, 3.8) is 0 Å². The van der Waals surface area contributed by atoms with E-state index in [1.165, 1.54) is 10.7 Å². The van der Waals surface area contributed by atoms with Crippen molar-refractivity contribution in [2.75, 3.05) is 11.9 Å². The lowest BCUT2D eigenvalue weighted by atomic mass is 10.1. The molecule has 0 radical (unpaired) electrons. The molecule has 1 aliphatic heterocycles. The topological polar surface area (TPSA) is 75.4 Å². The van der Waals surface area contributed by atoms with Crippen molar-refractivity contribution in [2.45, 2.75) is 13.0 Å². The first-order chi connectivity index (χ1) is 10.5. The molecule has 1 aromatic carbocycles. The Morgan fingerprint density at radius 3 is 2.91 bits per heavy atom. The Balaban J connectivity index is 2.04. The number of allylic oxidation sites excluding steroid dienone is 1. The van der Waals surface area contributed by atoms with Crippen LogP contribution in [0, 0.1) is 0 Å². The molecule has 22 heavy (non-hydrogen) atoms. The monoisotopic (exact) mass is 297 g/mol. The van der Waals surface area contributed by atoms with E-state index in [1.54, 1.807) is 18.0 Å². The van der Waals surface area contributed by atoms with E-state index in [2.05, 4.69) is 11.7 Å². The van der Waals surface area contributed by atoms with Crippen LogP contribution in [0.2, 0.25) is 0 Å². The second-order valence-electron chi connectivity index (χ2n) is 5.16. The van der Waals surface area contributed by atoms with Gasteiger partial charge < -0.3 is 10.0 Å². The predicted octanol–water partition coefficient (Wildman–Crippen LogP) is 1.95. The summed E-state index contributed by atoms with van der Waals surface area (Å²) in [5.41, 5.74) is 3.30. The molecule has 112 valence electrons. The minimum absolute atomic E-state index is 0.0514. The molecule has 0 saturated heterocycles. The number of hydrogen-bond acceptors (Lipinski definition) is 3. The smallest absolute Gasteiger partial charge is 0.354 e. The van der Waals surface area contributed by atoms with Crippen LogP contribution in [0.1, 0.15) is 16.1 Å². The lowest BCUT2D eigenvalue weighted by Crippen LogP contribution is -2.20. The van der Waals surface area contributed by atoms with Gasteiger partial charge in [0.15, 0.2) is 0 Å². The van der Waals surface area contributed by atoms with Gasteiger partial charge in [0.25, 0.3) is 0 Å². The Hall–Kier alpha value is -2.89. The number of carbonyl (C=O) groups excluding carboxylic acids is 1. The average Bonchev–Trinajstić information content (AvgIpc) is 3.02. The zero-order chi connectivity index (χ0) is 15.9. The van der Waals surface area contributed by atoms with Crippen molar-refractivity contribution in [1.29, 1.82) is 0 Å². The molecule has 0 atom stereocenters. The molecule has 0 spiro atoms. The number of nitrogens with zero attached hydrogens (tertiary/aromatic N) is 3. The number of carboxylic acids is 1. The summed E-state index contributed by atoms with van der Waals surface area (Å²) in [4.78, 5) is 24.6. The second kappa shape index (κ2) is 5.14. The first-order valence-electron chi connectivity index (χ1n) is 6.83. The number of hydrogen-bond donors (Lipinski definition) is 1. The van der Waals surface area contributed by atoms with E-state index >= 15 is 0 Å². The van der Waals surface area contributed by atoms with E-state index in [0.717, 1.165) is 16.8 Å². The van der Waals surface area contributed by atoms with E-state index in [9.17, 15) is 14.7 Å². The van der Waals surface area contributed by atoms with Crippen LogP contribution >= 0.6 is 0 Å². The highest BCUT2D eigenvalue weighted by molar-refractivity contribution is 6.01. The summed E-state index contributed by atoms with van der Waals surface area (Å²) in [6.45, 7) is 3.93. The number of carboxylic acid groups (broad SMARTS) is 1. The maximum atomic E-state index is 11.7. The van der Waals surface area contributed by atoms with E-state index in [0.29, 0.717) is 18.7 Å². The maximum absolute atomic E-state index is 11.7. The molecule has 1 aromatic heterocycles. The summed E-state index contributed by atoms with van der Waals surface area (Å²) in [5, 5.41) is 13.6. The Morgan fingerprint density at radius 1 is 1.45 bits per heavy atom. The number of anilines is 1. The highest BCUT2D eigenvalue weighted by atomic mass is 16.4. The molecule has 0 fully saturated rings. The largest absolute Gasteiger partial charge is 0.477 e. The molecule has 0 bridgehead atoms. The molecule has 0 aliphatic carbocycles.